The fourth-order valence-electron chi connectivity index (χ4n) is 0.582. The lowest BCUT2D eigenvalue weighted by Crippen LogP contribution is -2.23. The summed E-state index contributed by atoms with van der Waals surface area (Å²) in [5.74, 6) is 5.47. The highest BCUT2D eigenvalue weighted by molar-refractivity contribution is 5.20. The maximum absolute atomic E-state index is 5.47. The molecule has 0 radical (unpaired) electrons. The Kier molecular flexibility index (Phi) is 4.33. The van der Waals surface area contributed by atoms with E-state index >= 15 is 0 Å². The maximum atomic E-state index is 5.47. The molecule has 0 saturated heterocycles. The van der Waals surface area contributed by atoms with Crippen molar-refractivity contribution in [2.45, 2.75) is 6.92 Å². The fourth-order valence-corrected chi connectivity index (χ4v) is 0.582. The molecule has 56 valence electrons. The molecule has 0 fully saturated rings. The van der Waals surface area contributed by atoms with Crippen molar-refractivity contribution in [3.8, 4) is 0 Å². The van der Waals surface area contributed by atoms with Gasteiger partial charge < -0.3 is 5.01 Å². The van der Waals surface area contributed by atoms with Crippen LogP contribution in [0.4, 0.5) is 0 Å². The molecule has 0 aliphatic rings. The van der Waals surface area contributed by atoms with Gasteiger partial charge in [0.1, 0.15) is 0 Å². The molecule has 0 aliphatic carbocycles. The monoisotopic (exact) mass is 138 g/mol. The highest BCUT2D eigenvalue weighted by Gasteiger charge is 1.89. The third-order valence-electron chi connectivity index (χ3n) is 1.03. The van der Waals surface area contributed by atoms with Crippen molar-refractivity contribution in [1.82, 2.24) is 5.01 Å². The van der Waals surface area contributed by atoms with Gasteiger partial charge in [-0.15, -0.1) is 0 Å². The summed E-state index contributed by atoms with van der Waals surface area (Å²) in [7, 11) is 1.79. The molecule has 0 amide bonds. The van der Waals surface area contributed by atoms with E-state index in [1.165, 1.54) is 0 Å². The van der Waals surface area contributed by atoms with Crippen molar-refractivity contribution in [3.63, 3.8) is 0 Å². The number of rotatable bonds is 3. The molecule has 2 N–H and O–H groups in total. The minimum Gasteiger partial charge on any atom is -0.314 e. The molecule has 2 heteroatoms. The van der Waals surface area contributed by atoms with Crippen LogP contribution in [0.3, 0.4) is 0 Å². The minimum atomic E-state index is 0.942. The average Bonchev–Trinajstić information content (AvgIpc) is 1.87. The summed E-state index contributed by atoms with van der Waals surface area (Å²) in [4.78, 5) is 0. The molecule has 10 heavy (non-hydrogen) atoms. The summed E-state index contributed by atoms with van der Waals surface area (Å²) in [5, 5.41) is 1.54. The standard InChI is InChI=1S/C8H14N2/c1-4-6-8(7-5-2)10(3)9/h4-7H,1,9H2,2-3H3/b7-5-,8-6+. The first-order chi connectivity index (χ1) is 4.72. The second kappa shape index (κ2) is 4.82. The van der Waals surface area contributed by atoms with Gasteiger partial charge >= 0.3 is 0 Å². The van der Waals surface area contributed by atoms with Gasteiger partial charge in [-0.25, -0.2) is 5.84 Å². The summed E-state index contributed by atoms with van der Waals surface area (Å²) in [5.41, 5.74) is 0.942. The number of nitrogens with two attached hydrogens (primary N) is 1. The maximum Gasteiger partial charge on any atom is 0.0510 e. The number of nitrogens with zero attached hydrogens (tertiary/aromatic N) is 1. The molecule has 0 bridgehead atoms. The van der Waals surface area contributed by atoms with Gasteiger partial charge in [0.25, 0.3) is 0 Å². The van der Waals surface area contributed by atoms with Crippen LogP contribution in [0.5, 0.6) is 0 Å². The Morgan fingerprint density at radius 3 is 2.50 bits per heavy atom. The molecular weight excluding hydrogens is 124 g/mol. The lowest BCUT2D eigenvalue weighted by Gasteiger charge is -2.11. The van der Waals surface area contributed by atoms with Crippen molar-refractivity contribution >= 4 is 0 Å². The molecule has 0 rings (SSSR count). The van der Waals surface area contributed by atoms with Crippen LogP contribution >= 0.6 is 0 Å². The van der Waals surface area contributed by atoms with Crippen LogP contribution in [0, 0.1) is 0 Å². The largest absolute Gasteiger partial charge is 0.314 e. The lowest BCUT2D eigenvalue weighted by atomic mass is 10.3. The number of hydrogen-bond donors (Lipinski definition) is 1. The number of hydrazine groups is 1. The van der Waals surface area contributed by atoms with Crippen LogP contribution < -0.4 is 5.84 Å². The van der Waals surface area contributed by atoms with Gasteiger partial charge in [-0.05, 0) is 19.1 Å². The predicted octanol–water partition coefficient (Wildman–Crippen LogP) is 1.44. The van der Waals surface area contributed by atoms with E-state index in [1.54, 1.807) is 18.1 Å². The Hall–Kier alpha value is -1.02. The Balaban J connectivity index is 4.25. The van der Waals surface area contributed by atoms with Gasteiger partial charge in [0.2, 0.25) is 0 Å². The molecule has 0 aliphatic heterocycles. The van der Waals surface area contributed by atoms with Gasteiger partial charge in [-0.3, -0.25) is 0 Å². The van der Waals surface area contributed by atoms with Gasteiger partial charge in [-0.1, -0.05) is 18.7 Å². The smallest absolute Gasteiger partial charge is 0.0510 e. The fraction of sp³-hybridized carbons (Fsp3) is 0.250. The van der Waals surface area contributed by atoms with Gasteiger partial charge in [-0.2, -0.15) is 0 Å². The van der Waals surface area contributed by atoms with E-state index in [2.05, 4.69) is 6.58 Å². The topological polar surface area (TPSA) is 29.3 Å². The van der Waals surface area contributed by atoms with Gasteiger partial charge in [0, 0.05) is 7.05 Å². The summed E-state index contributed by atoms with van der Waals surface area (Å²) >= 11 is 0. The molecule has 0 aromatic heterocycles. The summed E-state index contributed by atoms with van der Waals surface area (Å²) in [6.07, 6.45) is 7.40. The van der Waals surface area contributed by atoms with Crippen molar-refractivity contribution in [1.29, 1.82) is 0 Å². The van der Waals surface area contributed by atoms with Crippen molar-refractivity contribution < 1.29 is 0 Å². The van der Waals surface area contributed by atoms with E-state index in [4.69, 9.17) is 5.84 Å². The average molecular weight is 138 g/mol. The molecule has 0 heterocycles. The first-order valence-electron chi connectivity index (χ1n) is 3.16. The molecule has 0 aromatic rings. The zero-order chi connectivity index (χ0) is 7.98. The zero-order valence-corrected chi connectivity index (χ0v) is 6.54. The van der Waals surface area contributed by atoms with Crippen LogP contribution in [-0.2, 0) is 0 Å². The van der Waals surface area contributed by atoms with Crippen LogP contribution in [-0.4, -0.2) is 12.1 Å². The molecule has 0 aromatic carbocycles. The van der Waals surface area contributed by atoms with E-state index in [1.807, 2.05) is 25.2 Å². The van der Waals surface area contributed by atoms with Crippen molar-refractivity contribution in [3.05, 3.63) is 36.6 Å². The first-order valence-corrected chi connectivity index (χ1v) is 3.16. The minimum absolute atomic E-state index is 0.942. The van der Waals surface area contributed by atoms with E-state index in [-0.39, 0.29) is 0 Å². The zero-order valence-electron chi connectivity index (χ0n) is 6.54. The molecule has 0 saturated carbocycles. The van der Waals surface area contributed by atoms with Crippen molar-refractivity contribution in [2.24, 2.45) is 5.84 Å². The summed E-state index contributed by atoms with van der Waals surface area (Å²) in [6.45, 7) is 5.52. The number of hydrogen-bond acceptors (Lipinski definition) is 2. The third-order valence-corrected chi connectivity index (χ3v) is 1.03. The van der Waals surface area contributed by atoms with E-state index < -0.39 is 0 Å². The lowest BCUT2D eigenvalue weighted by molar-refractivity contribution is 0.455. The van der Waals surface area contributed by atoms with Gasteiger partial charge in [0.05, 0.1) is 5.70 Å². The summed E-state index contributed by atoms with van der Waals surface area (Å²) in [6, 6.07) is 0. The Morgan fingerprint density at radius 1 is 1.60 bits per heavy atom. The Morgan fingerprint density at radius 2 is 2.20 bits per heavy atom. The molecule has 0 unspecified atom stereocenters. The predicted molar refractivity (Wildman–Crippen MR) is 45.0 cm³/mol. The normalized spacial score (nSPS) is 12.1. The van der Waals surface area contributed by atoms with Crippen LogP contribution in [0.25, 0.3) is 0 Å². The van der Waals surface area contributed by atoms with E-state index in [0.29, 0.717) is 0 Å². The summed E-state index contributed by atoms with van der Waals surface area (Å²) < 4.78 is 0. The molecular formula is C8H14N2. The SMILES string of the molecule is C=C/C=C(\C=C/C)N(C)N. The molecule has 0 spiro atoms. The molecule has 0 atom stereocenters. The van der Waals surface area contributed by atoms with Crippen LogP contribution in [0.2, 0.25) is 0 Å². The van der Waals surface area contributed by atoms with Crippen LogP contribution in [0.1, 0.15) is 6.92 Å². The number of allylic oxidation sites excluding steroid dienone is 4. The van der Waals surface area contributed by atoms with Crippen molar-refractivity contribution in [2.75, 3.05) is 7.05 Å². The van der Waals surface area contributed by atoms with E-state index in [9.17, 15) is 0 Å². The third kappa shape index (κ3) is 3.10. The molecule has 2 nitrogen and oxygen atoms in total. The quantitative estimate of drug-likeness (QED) is 0.363. The Labute approximate surface area is 62.3 Å². The first kappa shape index (κ1) is 8.98. The van der Waals surface area contributed by atoms with E-state index in [0.717, 1.165) is 5.70 Å². The van der Waals surface area contributed by atoms with Crippen LogP contribution in [0.15, 0.2) is 36.6 Å². The highest BCUT2D eigenvalue weighted by atomic mass is 15.4. The van der Waals surface area contributed by atoms with Gasteiger partial charge in [0.15, 0.2) is 0 Å². The second-order valence-electron chi connectivity index (χ2n) is 1.94. The highest BCUT2D eigenvalue weighted by Crippen LogP contribution is 1.97. The second-order valence-corrected chi connectivity index (χ2v) is 1.94. The number of likely N-dealkylation sites (N-methyl/N-ethyl adjacent to an activating group) is 1. The Bertz CT molecular complexity index is 155.